The summed E-state index contributed by atoms with van der Waals surface area (Å²) < 4.78 is 11.1. The number of ether oxygens (including phenoxy) is 2. The lowest BCUT2D eigenvalue weighted by molar-refractivity contribution is 0.0992. The first-order valence-corrected chi connectivity index (χ1v) is 7.84. The largest absolute Gasteiger partial charge is 0.493 e. The molecule has 4 nitrogen and oxygen atoms in total. The van der Waals surface area contributed by atoms with Gasteiger partial charge in [-0.05, 0) is 54.7 Å². The van der Waals surface area contributed by atoms with Crippen molar-refractivity contribution in [3.63, 3.8) is 0 Å². The maximum absolute atomic E-state index is 12.5. The van der Waals surface area contributed by atoms with Crippen molar-refractivity contribution in [3.05, 3.63) is 53.6 Å². The van der Waals surface area contributed by atoms with E-state index in [0.717, 1.165) is 5.56 Å². The van der Waals surface area contributed by atoms with Gasteiger partial charge in [0.05, 0.1) is 13.7 Å². The molecule has 3 rings (SSSR count). The molecule has 0 unspecified atom stereocenters. The zero-order valence-corrected chi connectivity index (χ0v) is 13.2. The van der Waals surface area contributed by atoms with Crippen molar-refractivity contribution in [1.29, 1.82) is 0 Å². The van der Waals surface area contributed by atoms with Crippen LogP contribution in [-0.2, 0) is 6.42 Å². The third kappa shape index (κ3) is 4.03. The van der Waals surface area contributed by atoms with E-state index < -0.39 is 0 Å². The number of Topliss-reactive ketones (excluding diaryl/α,β-unsaturated/α-hetero) is 1. The van der Waals surface area contributed by atoms with E-state index in [9.17, 15) is 4.79 Å². The lowest BCUT2D eigenvalue weighted by Crippen LogP contribution is -2.06. The van der Waals surface area contributed by atoms with Crippen molar-refractivity contribution in [3.8, 4) is 11.5 Å². The van der Waals surface area contributed by atoms with Crippen LogP contribution in [0, 0.1) is 5.92 Å². The fraction of sp³-hybridized carbons (Fsp3) is 0.316. The van der Waals surface area contributed by atoms with E-state index >= 15 is 0 Å². The average molecular weight is 311 g/mol. The smallest absolute Gasteiger partial charge is 0.167 e. The maximum Gasteiger partial charge on any atom is 0.167 e. The van der Waals surface area contributed by atoms with Gasteiger partial charge in [-0.2, -0.15) is 0 Å². The predicted molar refractivity (Wildman–Crippen MR) is 90.1 cm³/mol. The van der Waals surface area contributed by atoms with E-state index in [1.165, 1.54) is 12.8 Å². The van der Waals surface area contributed by atoms with Gasteiger partial charge in [0.1, 0.15) is 0 Å². The van der Waals surface area contributed by atoms with Crippen molar-refractivity contribution in [1.82, 2.24) is 0 Å². The van der Waals surface area contributed by atoms with Crippen LogP contribution in [0.2, 0.25) is 0 Å². The zero-order chi connectivity index (χ0) is 16.2. The minimum absolute atomic E-state index is 0.0497. The van der Waals surface area contributed by atoms with Gasteiger partial charge in [-0.3, -0.25) is 4.79 Å². The first-order chi connectivity index (χ1) is 11.2. The number of ketones is 1. The van der Waals surface area contributed by atoms with E-state index in [0.29, 0.717) is 41.7 Å². The van der Waals surface area contributed by atoms with Crippen LogP contribution in [0.15, 0.2) is 42.5 Å². The maximum atomic E-state index is 12.5. The molecule has 120 valence electrons. The SMILES string of the molecule is COc1ccc(C(=O)Cc2ccc(N)cc2)cc1OCC1CC1. The van der Waals surface area contributed by atoms with Crippen molar-refractivity contribution < 1.29 is 14.3 Å². The molecule has 23 heavy (non-hydrogen) atoms. The van der Waals surface area contributed by atoms with Gasteiger partial charge >= 0.3 is 0 Å². The van der Waals surface area contributed by atoms with Crippen LogP contribution < -0.4 is 15.2 Å². The number of nitrogen functional groups attached to an aromatic ring is 1. The molecule has 0 saturated heterocycles. The molecule has 1 fully saturated rings. The quantitative estimate of drug-likeness (QED) is 0.628. The van der Waals surface area contributed by atoms with Crippen molar-refractivity contribution in [2.45, 2.75) is 19.3 Å². The standard InChI is InChI=1S/C19H21NO3/c1-22-18-9-6-15(11-19(18)23-12-14-2-3-14)17(21)10-13-4-7-16(20)8-5-13/h4-9,11,14H,2-3,10,12,20H2,1H3. The number of rotatable bonds is 7. The molecule has 4 heteroatoms. The number of anilines is 1. The third-order valence-corrected chi connectivity index (χ3v) is 4.00. The Morgan fingerprint density at radius 2 is 1.87 bits per heavy atom. The highest BCUT2D eigenvalue weighted by Gasteiger charge is 2.23. The van der Waals surface area contributed by atoms with Gasteiger partial charge in [-0.25, -0.2) is 0 Å². The monoisotopic (exact) mass is 311 g/mol. The molecular formula is C19H21NO3. The molecule has 0 heterocycles. The summed E-state index contributed by atoms with van der Waals surface area (Å²) in [4.78, 5) is 12.5. The van der Waals surface area contributed by atoms with E-state index in [4.69, 9.17) is 15.2 Å². The molecule has 1 aliphatic carbocycles. The van der Waals surface area contributed by atoms with Gasteiger partial charge in [0.2, 0.25) is 0 Å². The minimum atomic E-state index is 0.0497. The fourth-order valence-corrected chi connectivity index (χ4v) is 2.38. The summed E-state index contributed by atoms with van der Waals surface area (Å²) in [7, 11) is 1.61. The zero-order valence-electron chi connectivity index (χ0n) is 13.2. The van der Waals surface area contributed by atoms with E-state index in [1.54, 1.807) is 37.4 Å². The minimum Gasteiger partial charge on any atom is -0.493 e. The summed E-state index contributed by atoms with van der Waals surface area (Å²) in [6.45, 7) is 0.686. The van der Waals surface area contributed by atoms with Crippen LogP contribution in [0.3, 0.4) is 0 Å². The van der Waals surface area contributed by atoms with Crippen LogP contribution >= 0.6 is 0 Å². The first kappa shape index (κ1) is 15.4. The molecule has 2 aromatic carbocycles. The highest BCUT2D eigenvalue weighted by atomic mass is 16.5. The van der Waals surface area contributed by atoms with Crippen LogP contribution in [-0.4, -0.2) is 19.5 Å². The van der Waals surface area contributed by atoms with Crippen LogP contribution in [0.25, 0.3) is 0 Å². The molecule has 0 spiro atoms. The topological polar surface area (TPSA) is 61.5 Å². The Hall–Kier alpha value is -2.49. The number of carbonyl (C=O) groups excluding carboxylic acids is 1. The van der Waals surface area contributed by atoms with Crippen LogP contribution in [0.5, 0.6) is 11.5 Å². The van der Waals surface area contributed by atoms with E-state index in [2.05, 4.69) is 0 Å². The summed E-state index contributed by atoms with van der Waals surface area (Å²) in [5.41, 5.74) is 7.94. The van der Waals surface area contributed by atoms with Crippen LogP contribution in [0.4, 0.5) is 5.69 Å². The second-order valence-corrected chi connectivity index (χ2v) is 5.96. The predicted octanol–water partition coefficient (Wildman–Crippen LogP) is 3.49. The van der Waals surface area contributed by atoms with E-state index in [1.807, 2.05) is 12.1 Å². The number of methoxy groups -OCH3 is 1. The molecule has 0 bridgehead atoms. The normalized spacial score (nSPS) is 13.6. The average Bonchev–Trinajstić information content (AvgIpc) is 3.39. The number of hydrogen-bond donors (Lipinski definition) is 1. The second-order valence-electron chi connectivity index (χ2n) is 5.96. The van der Waals surface area contributed by atoms with Crippen molar-refractivity contribution >= 4 is 11.5 Å². The Labute approximate surface area is 136 Å². The van der Waals surface area contributed by atoms with Crippen molar-refractivity contribution in [2.75, 3.05) is 19.5 Å². The molecule has 0 atom stereocenters. The van der Waals surface area contributed by atoms with Gasteiger partial charge in [-0.1, -0.05) is 12.1 Å². The molecule has 1 saturated carbocycles. The van der Waals surface area contributed by atoms with Gasteiger partial charge in [0.25, 0.3) is 0 Å². The third-order valence-electron chi connectivity index (χ3n) is 4.00. The molecule has 0 amide bonds. The summed E-state index contributed by atoms with van der Waals surface area (Å²) in [5, 5.41) is 0. The van der Waals surface area contributed by atoms with Crippen molar-refractivity contribution in [2.24, 2.45) is 5.92 Å². The van der Waals surface area contributed by atoms with Gasteiger partial charge in [0.15, 0.2) is 17.3 Å². The number of carbonyl (C=O) groups is 1. The molecule has 0 radical (unpaired) electrons. The summed E-state index contributed by atoms with van der Waals surface area (Å²) >= 11 is 0. The summed E-state index contributed by atoms with van der Waals surface area (Å²) in [6, 6.07) is 12.7. The number of nitrogens with two attached hydrogens (primary N) is 1. The van der Waals surface area contributed by atoms with E-state index in [-0.39, 0.29) is 5.78 Å². The van der Waals surface area contributed by atoms with Gasteiger partial charge in [0, 0.05) is 17.7 Å². The first-order valence-electron chi connectivity index (χ1n) is 7.84. The summed E-state index contributed by atoms with van der Waals surface area (Å²) in [5.74, 6) is 2.00. The van der Waals surface area contributed by atoms with Crippen LogP contribution in [0.1, 0.15) is 28.8 Å². The van der Waals surface area contributed by atoms with Gasteiger partial charge in [-0.15, -0.1) is 0 Å². The fourth-order valence-electron chi connectivity index (χ4n) is 2.38. The second kappa shape index (κ2) is 6.73. The Morgan fingerprint density at radius 3 is 2.52 bits per heavy atom. The molecule has 2 N–H and O–H groups in total. The van der Waals surface area contributed by atoms with Gasteiger partial charge < -0.3 is 15.2 Å². The number of hydrogen-bond acceptors (Lipinski definition) is 4. The Bertz CT molecular complexity index is 690. The number of benzene rings is 2. The molecule has 0 aliphatic heterocycles. The molecule has 1 aliphatic rings. The highest BCUT2D eigenvalue weighted by molar-refractivity contribution is 5.98. The summed E-state index contributed by atoms with van der Waals surface area (Å²) in [6.07, 6.45) is 2.78. The highest BCUT2D eigenvalue weighted by Crippen LogP contribution is 2.33. The Balaban J connectivity index is 1.73. The lowest BCUT2D eigenvalue weighted by Gasteiger charge is -2.12. The molecule has 2 aromatic rings. The Morgan fingerprint density at radius 1 is 1.13 bits per heavy atom. The molecule has 0 aromatic heterocycles. The molecular weight excluding hydrogens is 290 g/mol. The Kier molecular flexibility index (Phi) is 4.51. The lowest BCUT2D eigenvalue weighted by atomic mass is 10.0.